The van der Waals surface area contributed by atoms with Crippen LogP contribution in [0.25, 0.3) is 0 Å². The first-order chi connectivity index (χ1) is 6.09. The minimum absolute atomic E-state index is 0.0872. The zero-order chi connectivity index (χ0) is 9.84. The highest BCUT2D eigenvalue weighted by Crippen LogP contribution is 2.30. The summed E-state index contributed by atoms with van der Waals surface area (Å²) in [5.74, 6) is 1.41. The second-order valence-electron chi connectivity index (χ2n) is 3.03. The van der Waals surface area contributed by atoms with Gasteiger partial charge < -0.3 is 9.84 Å². The molecule has 0 amide bonds. The molecule has 1 heterocycles. The van der Waals surface area contributed by atoms with Gasteiger partial charge in [-0.1, -0.05) is 6.92 Å². The Morgan fingerprint density at radius 3 is 2.85 bits per heavy atom. The second-order valence-corrected chi connectivity index (χ2v) is 5.70. The summed E-state index contributed by atoms with van der Waals surface area (Å²) in [6, 6.07) is 0. The van der Waals surface area contributed by atoms with Crippen LogP contribution in [0.3, 0.4) is 0 Å². The van der Waals surface area contributed by atoms with Gasteiger partial charge >= 0.3 is 5.97 Å². The fourth-order valence-electron chi connectivity index (χ4n) is 0.958. The molecule has 1 N–H and O–H groups in total. The molecule has 5 heteroatoms. The molecule has 0 aromatic rings. The van der Waals surface area contributed by atoms with Crippen LogP contribution in [0.2, 0.25) is 0 Å². The van der Waals surface area contributed by atoms with E-state index in [2.05, 4.69) is 6.92 Å². The molecule has 76 valence electrons. The lowest BCUT2D eigenvalue weighted by Gasteiger charge is -2.25. The Morgan fingerprint density at radius 1 is 1.62 bits per heavy atom. The quantitative estimate of drug-likeness (QED) is 0.709. The predicted octanol–water partition coefficient (Wildman–Crippen LogP) is 1.10. The Bertz CT molecular complexity index is 184. The molecule has 0 aliphatic carbocycles. The predicted molar refractivity (Wildman–Crippen MR) is 55.9 cm³/mol. The third kappa shape index (κ3) is 3.79. The molecule has 3 unspecified atom stereocenters. The van der Waals surface area contributed by atoms with Gasteiger partial charge in [0.15, 0.2) is 5.44 Å². The van der Waals surface area contributed by atoms with Crippen LogP contribution in [0.15, 0.2) is 0 Å². The summed E-state index contributed by atoms with van der Waals surface area (Å²) >= 11 is 3.44. The van der Waals surface area contributed by atoms with E-state index in [-0.39, 0.29) is 5.44 Å². The van der Waals surface area contributed by atoms with Crippen LogP contribution in [0.5, 0.6) is 0 Å². The SMILES string of the molecule is CC1CSCC(OC(=O)C(C)O)S1. The van der Waals surface area contributed by atoms with Crippen LogP contribution in [-0.2, 0) is 9.53 Å². The Kier molecular flexibility index (Phi) is 4.41. The second kappa shape index (κ2) is 5.12. The molecule has 1 saturated heterocycles. The molecule has 13 heavy (non-hydrogen) atoms. The summed E-state index contributed by atoms with van der Waals surface area (Å²) in [7, 11) is 0. The van der Waals surface area contributed by atoms with E-state index in [1.807, 2.05) is 0 Å². The summed E-state index contributed by atoms with van der Waals surface area (Å²) in [4.78, 5) is 11.0. The van der Waals surface area contributed by atoms with Crippen molar-refractivity contribution in [2.75, 3.05) is 11.5 Å². The molecule has 3 atom stereocenters. The Hall–Kier alpha value is 0.130. The third-order valence-corrected chi connectivity index (χ3v) is 4.47. The van der Waals surface area contributed by atoms with E-state index in [1.165, 1.54) is 6.92 Å². The number of carbonyl (C=O) groups excluding carboxylic acids is 1. The van der Waals surface area contributed by atoms with Crippen molar-refractivity contribution in [2.45, 2.75) is 30.6 Å². The molecule has 1 aliphatic heterocycles. The third-order valence-electron chi connectivity index (χ3n) is 1.58. The van der Waals surface area contributed by atoms with Gasteiger partial charge in [-0.2, -0.15) is 11.8 Å². The highest BCUT2D eigenvalue weighted by molar-refractivity contribution is 8.07. The zero-order valence-electron chi connectivity index (χ0n) is 7.73. The van der Waals surface area contributed by atoms with E-state index in [0.717, 1.165) is 11.5 Å². The lowest BCUT2D eigenvalue weighted by molar-refractivity contribution is -0.153. The number of hydrogen-bond acceptors (Lipinski definition) is 5. The van der Waals surface area contributed by atoms with Crippen LogP contribution in [0.4, 0.5) is 0 Å². The van der Waals surface area contributed by atoms with Gasteiger partial charge in [-0.3, -0.25) is 0 Å². The van der Waals surface area contributed by atoms with Crippen LogP contribution in [-0.4, -0.2) is 39.4 Å². The largest absolute Gasteiger partial charge is 0.448 e. The Labute approximate surface area is 86.6 Å². The number of aliphatic hydroxyl groups excluding tert-OH is 1. The average molecular weight is 222 g/mol. The van der Waals surface area contributed by atoms with E-state index in [9.17, 15) is 4.79 Å². The summed E-state index contributed by atoms with van der Waals surface area (Å²) < 4.78 is 5.08. The first-order valence-corrected chi connectivity index (χ1v) is 6.31. The number of ether oxygens (including phenoxy) is 1. The molecule has 0 radical (unpaired) electrons. The van der Waals surface area contributed by atoms with E-state index in [4.69, 9.17) is 9.84 Å². The fraction of sp³-hybridized carbons (Fsp3) is 0.875. The van der Waals surface area contributed by atoms with Gasteiger partial charge in [0.25, 0.3) is 0 Å². The van der Waals surface area contributed by atoms with Crippen LogP contribution in [0.1, 0.15) is 13.8 Å². The normalized spacial score (nSPS) is 31.0. The maximum atomic E-state index is 11.0. The highest BCUT2D eigenvalue weighted by Gasteiger charge is 2.24. The van der Waals surface area contributed by atoms with Crippen molar-refractivity contribution in [3.8, 4) is 0 Å². The van der Waals surface area contributed by atoms with Gasteiger partial charge in [-0.05, 0) is 6.92 Å². The number of esters is 1. The highest BCUT2D eigenvalue weighted by atomic mass is 32.2. The maximum absolute atomic E-state index is 11.0. The summed E-state index contributed by atoms with van der Waals surface area (Å²) in [5.41, 5.74) is -0.0872. The summed E-state index contributed by atoms with van der Waals surface area (Å²) in [5, 5.41) is 9.45. The average Bonchev–Trinajstić information content (AvgIpc) is 2.04. The van der Waals surface area contributed by atoms with Crippen LogP contribution >= 0.6 is 23.5 Å². The molecule has 1 rings (SSSR count). The maximum Gasteiger partial charge on any atom is 0.335 e. The number of aliphatic hydroxyl groups is 1. The number of hydrogen-bond donors (Lipinski definition) is 1. The van der Waals surface area contributed by atoms with Gasteiger partial charge in [0.05, 0.1) is 0 Å². The number of thioether (sulfide) groups is 2. The van der Waals surface area contributed by atoms with Gasteiger partial charge in [0, 0.05) is 16.8 Å². The molecule has 3 nitrogen and oxygen atoms in total. The molecule has 1 fully saturated rings. The summed E-state index contributed by atoms with van der Waals surface area (Å²) in [6.07, 6.45) is -1.01. The molecule has 0 bridgehead atoms. The van der Waals surface area contributed by atoms with Crippen LogP contribution in [0, 0.1) is 0 Å². The van der Waals surface area contributed by atoms with Crippen LogP contribution < -0.4 is 0 Å². The molecule has 0 aromatic carbocycles. The van der Waals surface area contributed by atoms with Crippen molar-refractivity contribution in [1.82, 2.24) is 0 Å². The Balaban J connectivity index is 2.31. The lowest BCUT2D eigenvalue weighted by atomic mass is 10.4. The number of rotatable bonds is 2. The minimum atomic E-state index is -1.01. The van der Waals surface area contributed by atoms with E-state index in [0.29, 0.717) is 5.25 Å². The van der Waals surface area contributed by atoms with Crippen molar-refractivity contribution in [3.05, 3.63) is 0 Å². The van der Waals surface area contributed by atoms with Crippen molar-refractivity contribution in [1.29, 1.82) is 0 Å². The molecule has 0 aromatic heterocycles. The number of carbonyl (C=O) groups is 1. The molecule has 0 spiro atoms. The van der Waals surface area contributed by atoms with Crippen molar-refractivity contribution in [2.24, 2.45) is 0 Å². The minimum Gasteiger partial charge on any atom is -0.448 e. The van der Waals surface area contributed by atoms with Crippen molar-refractivity contribution < 1.29 is 14.6 Å². The monoisotopic (exact) mass is 222 g/mol. The fourth-order valence-corrected chi connectivity index (χ4v) is 3.56. The molecular weight excluding hydrogens is 208 g/mol. The first kappa shape index (κ1) is 11.2. The lowest BCUT2D eigenvalue weighted by Crippen LogP contribution is -2.29. The zero-order valence-corrected chi connectivity index (χ0v) is 9.36. The van der Waals surface area contributed by atoms with E-state index >= 15 is 0 Å². The molecular formula is C8H14O3S2. The topological polar surface area (TPSA) is 46.5 Å². The standard InChI is InChI=1S/C8H14O3S2/c1-5-3-12-4-7(13-5)11-8(10)6(2)9/h5-7,9H,3-4H2,1-2H3. The molecule has 1 aliphatic rings. The Morgan fingerprint density at radius 2 is 2.31 bits per heavy atom. The van der Waals surface area contributed by atoms with Gasteiger partial charge in [-0.25, -0.2) is 4.79 Å². The molecule has 0 saturated carbocycles. The van der Waals surface area contributed by atoms with E-state index < -0.39 is 12.1 Å². The summed E-state index contributed by atoms with van der Waals surface area (Å²) in [6.45, 7) is 3.53. The van der Waals surface area contributed by atoms with Gasteiger partial charge in [0.1, 0.15) is 6.10 Å². The first-order valence-electron chi connectivity index (χ1n) is 4.21. The van der Waals surface area contributed by atoms with E-state index in [1.54, 1.807) is 23.5 Å². The van der Waals surface area contributed by atoms with Crippen molar-refractivity contribution in [3.63, 3.8) is 0 Å². The van der Waals surface area contributed by atoms with Gasteiger partial charge in [-0.15, -0.1) is 11.8 Å². The van der Waals surface area contributed by atoms with Gasteiger partial charge in [0.2, 0.25) is 0 Å². The van der Waals surface area contributed by atoms with Crippen molar-refractivity contribution >= 4 is 29.5 Å². The smallest absolute Gasteiger partial charge is 0.335 e.